The van der Waals surface area contributed by atoms with Crippen molar-refractivity contribution in [2.45, 2.75) is 11.8 Å². The Morgan fingerprint density at radius 2 is 1.66 bits per heavy atom. The first-order valence-electron chi connectivity index (χ1n) is 10.9. The van der Waals surface area contributed by atoms with Gasteiger partial charge < -0.3 is 15.5 Å². The largest absolute Gasteiger partial charge is 0.508 e. The molecule has 0 fully saturated rings. The number of benzene rings is 3. The zero-order valence-corrected chi connectivity index (χ0v) is 20.1. The summed E-state index contributed by atoms with van der Waals surface area (Å²) in [5.41, 5.74) is 3.39. The van der Waals surface area contributed by atoms with E-state index in [1.54, 1.807) is 36.9 Å². The lowest BCUT2D eigenvalue weighted by atomic mass is 9.98. The third-order valence-corrected chi connectivity index (χ3v) is 7.29. The lowest BCUT2D eigenvalue weighted by molar-refractivity contribution is -0.660. The molecule has 0 unspecified atom stereocenters. The predicted octanol–water partition coefficient (Wildman–Crippen LogP) is 4.40. The van der Waals surface area contributed by atoms with Crippen molar-refractivity contribution in [3.05, 3.63) is 96.2 Å². The predicted molar refractivity (Wildman–Crippen MR) is 134 cm³/mol. The number of carboxylic acid groups (broad SMARTS) is 1. The second-order valence-electron chi connectivity index (χ2n) is 8.20. The van der Waals surface area contributed by atoms with E-state index in [-0.39, 0.29) is 21.9 Å². The summed E-state index contributed by atoms with van der Waals surface area (Å²) >= 11 is 0. The summed E-state index contributed by atoms with van der Waals surface area (Å²) in [6.07, 6.45) is 1.78. The van der Waals surface area contributed by atoms with Gasteiger partial charge in [0, 0.05) is 12.1 Å². The highest BCUT2D eigenvalue weighted by atomic mass is 32.2. The second-order valence-corrected chi connectivity index (χ2v) is 10.2. The molecule has 0 saturated heterocycles. The molecule has 0 bridgehead atoms. The molecule has 3 N–H and O–H groups in total. The fourth-order valence-electron chi connectivity index (χ4n) is 4.03. The Bertz CT molecular complexity index is 1520. The number of carbonyl (C=O) groups is 1. The van der Waals surface area contributed by atoms with Crippen LogP contribution in [-0.2, 0) is 16.9 Å². The maximum Gasteiger partial charge on any atom is 0.337 e. The Hall–Kier alpha value is -4.17. The van der Waals surface area contributed by atoms with Crippen molar-refractivity contribution >= 4 is 21.5 Å². The van der Waals surface area contributed by atoms with Gasteiger partial charge in [-0.25, -0.2) is 17.8 Å². The fraction of sp³-hybridized carbons (Fsp3) is 0.111. The number of pyridine rings is 1. The number of hydrogen-bond acceptors (Lipinski definition) is 5. The number of sulfone groups is 1. The number of aromatic carboxylic acids is 1. The quantitative estimate of drug-likeness (QED) is 0.332. The van der Waals surface area contributed by atoms with Crippen LogP contribution in [0.2, 0.25) is 0 Å². The molecule has 0 radical (unpaired) electrons. The Labute approximate surface area is 203 Å². The maximum absolute atomic E-state index is 13.4. The van der Waals surface area contributed by atoms with Crippen LogP contribution in [-0.4, -0.2) is 30.5 Å². The molecule has 0 aliphatic rings. The molecule has 0 spiro atoms. The minimum Gasteiger partial charge on any atom is -0.508 e. The minimum atomic E-state index is -3.92. The van der Waals surface area contributed by atoms with E-state index in [0.717, 1.165) is 11.1 Å². The van der Waals surface area contributed by atoms with Crippen molar-refractivity contribution in [1.82, 2.24) is 0 Å². The molecule has 178 valence electrons. The summed E-state index contributed by atoms with van der Waals surface area (Å²) in [5, 5.41) is 22.7. The van der Waals surface area contributed by atoms with Crippen LogP contribution in [0, 0.1) is 6.92 Å². The van der Waals surface area contributed by atoms with Crippen LogP contribution in [0.3, 0.4) is 0 Å². The lowest BCUT2D eigenvalue weighted by Crippen LogP contribution is -2.30. The van der Waals surface area contributed by atoms with E-state index in [9.17, 15) is 23.4 Å². The summed E-state index contributed by atoms with van der Waals surface area (Å²) in [4.78, 5) is 12.1. The SMILES string of the molecule is Cc1cc(-c2ccccc2)cc(C(=O)O)c1NCS(=O)(=O)c1ccc(O)cc1-c1cccc[n+]1C. The molecule has 3 aromatic carbocycles. The van der Waals surface area contributed by atoms with Gasteiger partial charge in [-0.3, -0.25) is 0 Å². The van der Waals surface area contributed by atoms with Gasteiger partial charge in [-0.05, 0) is 60.0 Å². The van der Waals surface area contributed by atoms with E-state index in [2.05, 4.69) is 5.32 Å². The van der Waals surface area contributed by atoms with E-state index in [1.807, 2.05) is 42.5 Å². The van der Waals surface area contributed by atoms with Gasteiger partial charge in [0.2, 0.25) is 5.69 Å². The van der Waals surface area contributed by atoms with Crippen LogP contribution in [0.25, 0.3) is 22.4 Å². The van der Waals surface area contributed by atoms with E-state index in [1.165, 1.54) is 24.3 Å². The summed E-state index contributed by atoms with van der Waals surface area (Å²) in [7, 11) is -2.14. The van der Waals surface area contributed by atoms with Crippen LogP contribution in [0.15, 0.2) is 90.0 Å². The van der Waals surface area contributed by atoms with Crippen LogP contribution in [0.4, 0.5) is 5.69 Å². The fourth-order valence-corrected chi connectivity index (χ4v) is 5.29. The third-order valence-electron chi connectivity index (χ3n) is 5.74. The number of anilines is 1. The number of phenolic OH excluding ortho intramolecular Hbond substituents is 1. The number of hydrogen-bond donors (Lipinski definition) is 3. The standard InChI is InChI=1S/C27H24N2O5S/c1-18-14-20(19-8-4-3-5-9-19)15-23(27(31)32)26(18)28-17-35(33,34)25-12-11-21(30)16-22(25)24-10-6-7-13-29(24)2/h3-16,28H,17H2,1-2H3,(H-,30,31,32)/p+1. The van der Waals surface area contributed by atoms with E-state index < -0.39 is 21.7 Å². The van der Waals surface area contributed by atoms with Gasteiger partial charge in [-0.2, -0.15) is 0 Å². The average Bonchev–Trinajstić information content (AvgIpc) is 2.83. The Balaban J connectivity index is 1.72. The lowest BCUT2D eigenvalue weighted by Gasteiger charge is -2.16. The summed E-state index contributed by atoms with van der Waals surface area (Å²) in [6.45, 7) is 1.74. The van der Waals surface area contributed by atoms with Gasteiger partial charge in [0.1, 0.15) is 18.7 Å². The summed E-state index contributed by atoms with van der Waals surface area (Å²) in [6, 6.07) is 22.2. The molecule has 4 rings (SSSR count). The first-order chi connectivity index (χ1) is 16.7. The first kappa shape index (κ1) is 24.0. The minimum absolute atomic E-state index is 0.0144. The zero-order chi connectivity index (χ0) is 25.2. The summed E-state index contributed by atoms with van der Waals surface area (Å²) in [5.74, 6) is -1.74. The monoisotopic (exact) mass is 489 g/mol. The summed E-state index contributed by atoms with van der Waals surface area (Å²) < 4.78 is 28.6. The van der Waals surface area contributed by atoms with Crippen LogP contribution < -0.4 is 9.88 Å². The van der Waals surface area contributed by atoms with Gasteiger partial charge >= 0.3 is 5.97 Å². The van der Waals surface area contributed by atoms with E-state index in [4.69, 9.17) is 0 Å². The van der Waals surface area contributed by atoms with Gasteiger partial charge in [0.15, 0.2) is 16.0 Å². The molecular weight excluding hydrogens is 464 g/mol. The van der Waals surface area contributed by atoms with E-state index in [0.29, 0.717) is 16.8 Å². The number of aromatic nitrogens is 1. The maximum atomic E-state index is 13.4. The highest BCUT2D eigenvalue weighted by molar-refractivity contribution is 7.91. The molecule has 0 amide bonds. The highest BCUT2D eigenvalue weighted by Gasteiger charge is 2.25. The van der Waals surface area contributed by atoms with Crippen molar-refractivity contribution in [3.63, 3.8) is 0 Å². The molecular formula is C27H25N2O5S+. The molecule has 1 heterocycles. The zero-order valence-electron chi connectivity index (χ0n) is 19.3. The molecule has 4 aromatic rings. The van der Waals surface area contributed by atoms with Gasteiger partial charge in [0.25, 0.3) is 0 Å². The smallest absolute Gasteiger partial charge is 0.337 e. The molecule has 0 saturated carbocycles. The molecule has 0 atom stereocenters. The molecule has 0 aliphatic heterocycles. The Morgan fingerprint density at radius 3 is 2.34 bits per heavy atom. The van der Waals surface area contributed by atoms with Crippen LogP contribution in [0.1, 0.15) is 15.9 Å². The number of nitrogens with zero attached hydrogens (tertiary/aromatic N) is 1. The van der Waals surface area contributed by atoms with Gasteiger partial charge in [-0.1, -0.05) is 30.3 Å². The second kappa shape index (κ2) is 9.60. The highest BCUT2D eigenvalue weighted by Crippen LogP contribution is 2.32. The number of nitrogens with one attached hydrogen (secondary N) is 1. The van der Waals surface area contributed by atoms with Crippen molar-refractivity contribution in [2.24, 2.45) is 7.05 Å². The molecule has 0 aliphatic carbocycles. The molecule has 35 heavy (non-hydrogen) atoms. The molecule has 1 aromatic heterocycles. The average molecular weight is 490 g/mol. The number of phenols is 1. The number of rotatable bonds is 7. The topological polar surface area (TPSA) is 108 Å². The molecule has 8 heteroatoms. The number of aromatic hydroxyl groups is 1. The number of carboxylic acids is 1. The van der Waals surface area contributed by atoms with E-state index >= 15 is 0 Å². The van der Waals surface area contributed by atoms with Gasteiger partial charge in [-0.15, -0.1) is 0 Å². The number of aryl methyl sites for hydroxylation is 2. The van der Waals surface area contributed by atoms with Crippen molar-refractivity contribution in [1.29, 1.82) is 0 Å². The van der Waals surface area contributed by atoms with Crippen molar-refractivity contribution in [3.8, 4) is 28.1 Å². The third kappa shape index (κ3) is 5.02. The first-order valence-corrected chi connectivity index (χ1v) is 12.5. The van der Waals surface area contributed by atoms with Crippen molar-refractivity contribution < 1.29 is 28.0 Å². The molecule has 7 nitrogen and oxygen atoms in total. The Morgan fingerprint density at radius 1 is 0.943 bits per heavy atom. The normalized spacial score (nSPS) is 11.3. The van der Waals surface area contributed by atoms with Crippen LogP contribution >= 0.6 is 0 Å². The van der Waals surface area contributed by atoms with Crippen LogP contribution in [0.5, 0.6) is 5.75 Å². The van der Waals surface area contributed by atoms with Gasteiger partial charge in [0.05, 0.1) is 21.7 Å². The Kier molecular flexibility index (Phi) is 6.57. The van der Waals surface area contributed by atoms with Crippen molar-refractivity contribution in [2.75, 3.05) is 11.2 Å².